The molecule has 0 saturated heterocycles. The first-order valence-electron chi connectivity index (χ1n) is 6.85. The van der Waals surface area contributed by atoms with E-state index in [4.69, 9.17) is 4.74 Å². The molecular formula is C17H21NO. The lowest BCUT2D eigenvalue weighted by atomic mass is 10.2. The number of para-hydroxylation sites is 2. The molecule has 2 aromatic rings. The van der Waals surface area contributed by atoms with Crippen molar-refractivity contribution in [1.82, 2.24) is 0 Å². The third-order valence-electron chi connectivity index (χ3n) is 3.21. The van der Waals surface area contributed by atoms with Crippen LogP contribution in [0.2, 0.25) is 0 Å². The van der Waals surface area contributed by atoms with Crippen molar-refractivity contribution < 1.29 is 4.74 Å². The Labute approximate surface area is 115 Å². The van der Waals surface area contributed by atoms with Crippen molar-refractivity contribution in [2.45, 2.75) is 20.5 Å². The fourth-order valence-electron chi connectivity index (χ4n) is 2.14. The van der Waals surface area contributed by atoms with Crippen molar-refractivity contribution in [3.8, 4) is 5.75 Å². The second-order valence-electron chi connectivity index (χ2n) is 4.41. The lowest BCUT2D eigenvalue weighted by molar-refractivity contribution is 0.306. The van der Waals surface area contributed by atoms with Gasteiger partial charge in [-0.1, -0.05) is 42.5 Å². The van der Waals surface area contributed by atoms with E-state index >= 15 is 0 Å². The Kier molecular flexibility index (Phi) is 4.85. The highest BCUT2D eigenvalue weighted by Crippen LogP contribution is 2.28. The molecule has 0 atom stereocenters. The lowest BCUT2D eigenvalue weighted by Crippen LogP contribution is -2.22. The zero-order valence-corrected chi connectivity index (χ0v) is 11.7. The highest BCUT2D eigenvalue weighted by molar-refractivity contribution is 5.58. The summed E-state index contributed by atoms with van der Waals surface area (Å²) in [5.74, 6) is 0.954. The molecule has 0 N–H and O–H groups in total. The Morgan fingerprint density at radius 1 is 0.842 bits per heavy atom. The topological polar surface area (TPSA) is 12.5 Å². The highest BCUT2D eigenvalue weighted by Gasteiger charge is 2.08. The van der Waals surface area contributed by atoms with Crippen molar-refractivity contribution in [3.05, 3.63) is 60.2 Å². The first kappa shape index (κ1) is 13.5. The summed E-state index contributed by atoms with van der Waals surface area (Å²) in [5.41, 5.74) is 2.36. The molecule has 0 fully saturated rings. The van der Waals surface area contributed by atoms with E-state index in [0.717, 1.165) is 18.8 Å². The second-order valence-corrected chi connectivity index (χ2v) is 4.41. The van der Waals surface area contributed by atoms with E-state index in [1.54, 1.807) is 0 Å². The van der Waals surface area contributed by atoms with Gasteiger partial charge in [-0.25, -0.2) is 0 Å². The first-order chi connectivity index (χ1) is 9.35. The molecule has 0 spiro atoms. The maximum atomic E-state index is 5.97. The molecule has 2 aromatic carbocycles. The number of benzene rings is 2. The normalized spacial score (nSPS) is 10.2. The lowest BCUT2D eigenvalue weighted by Gasteiger charge is -2.23. The minimum Gasteiger partial charge on any atom is -0.487 e. The highest BCUT2D eigenvalue weighted by atomic mass is 16.5. The van der Waals surface area contributed by atoms with Crippen LogP contribution in [-0.4, -0.2) is 13.1 Å². The number of hydrogen-bond acceptors (Lipinski definition) is 2. The minimum atomic E-state index is 0.610. The summed E-state index contributed by atoms with van der Waals surface area (Å²) in [7, 11) is 0. The van der Waals surface area contributed by atoms with Gasteiger partial charge >= 0.3 is 0 Å². The number of ether oxygens (including phenoxy) is 1. The van der Waals surface area contributed by atoms with Crippen molar-refractivity contribution in [2.24, 2.45) is 0 Å². The van der Waals surface area contributed by atoms with Gasteiger partial charge in [0.15, 0.2) is 0 Å². The molecule has 100 valence electrons. The van der Waals surface area contributed by atoms with Crippen LogP contribution in [-0.2, 0) is 6.61 Å². The van der Waals surface area contributed by atoms with Crippen LogP contribution in [0.5, 0.6) is 5.75 Å². The summed E-state index contributed by atoms with van der Waals surface area (Å²) in [6.45, 7) is 6.92. The van der Waals surface area contributed by atoms with E-state index in [1.165, 1.54) is 11.3 Å². The molecule has 0 radical (unpaired) electrons. The Bertz CT molecular complexity index is 492. The van der Waals surface area contributed by atoms with Gasteiger partial charge in [0, 0.05) is 13.1 Å². The molecule has 0 aromatic heterocycles. The number of hydrogen-bond donors (Lipinski definition) is 0. The predicted octanol–water partition coefficient (Wildman–Crippen LogP) is 4.11. The first-order valence-corrected chi connectivity index (χ1v) is 6.85. The van der Waals surface area contributed by atoms with E-state index in [0.29, 0.717) is 6.61 Å². The Morgan fingerprint density at radius 2 is 1.47 bits per heavy atom. The van der Waals surface area contributed by atoms with Gasteiger partial charge in [0.2, 0.25) is 0 Å². The molecule has 2 nitrogen and oxygen atoms in total. The maximum absolute atomic E-state index is 5.97. The predicted molar refractivity (Wildman–Crippen MR) is 80.8 cm³/mol. The van der Waals surface area contributed by atoms with Gasteiger partial charge in [-0.05, 0) is 31.5 Å². The summed E-state index contributed by atoms with van der Waals surface area (Å²) in [4.78, 5) is 2.31. The fourth-order valence-corrected chi connectivity index (χ4v) is 2.14. The average molecular weight is 255 g/mol. The monoisotopic (exact) mass is 255 g/mol. The standard InChI is InChI=1S/C17H21NO/c1-3-18(4-2)16-12-8-9-13-17(16)19-14-15-10-6-5-7-11-15/h5-13H,3-4,14H2,1-2H3. The number of rotatable bonds is 6. The van der Waals surface area contributed by atoms with Crippen molar-refractivity contribution in [1.29, 1.82) is 0 Å². The molecule has 0 saturated carbocycles. The molecular weight excluding hydrogens is 234 g/mol. The van der Waals surface area contributed by atoms with Gasteiger partial charge in [0.05, 0.1) is 5.69 Å². The summed E-state index contributed by atoms with van der Waals surface area (Å²) >= 11 is 0. The summed E-state index contributed by atoms with van der Waals surface area (Å²) in [6.07, 6.45) is 0. The fraction of sp³-hybridized carbons (Fsp3) is 0.294. The van der Waals surface area contributed by atoms with Gasteiger partial charge in [0.25, 0.3) is 0 Å². The van der Waals surface area contributed by atoms with Gasteiger partial charge in [-0.2, -0.15) is 0 Å². The number of anilines is 1. The van der Waals surface area contributed by atoms with Crippen LogP contribution in [0.3, 0.4) is 0 Å². The Morgan fingerprint density at radius 3 is 2.16 bits per heavy atom. The molecule has 0 unspecified atom stereocenters. The molecule has 2 rings (SSSR count). The summed E-state index contributed by atoms with van der Waals surface area (Å²) in [5, 5.41) is 0. The van der Waals surface area contributed by atoms with Crippen LogP contribution in [0.4, 0.5) is 5.69 Å². The molecule has 2 heteroatoms. The van der Waals surface area contributed by atoms with Crippen molar-refractivity contribution in [3.63, 3.8) is 0 Å². The van der Waals surface area contributed by atoms with E-state index < -0.39 is 0 Å². The van der Waals surface area contributed by atoms with Gasteiger partial charge in [0.1, 0.15) is 12.4 Å². The quantitative estimate of drug-likeness (QED) is 0.770. The van der Waals surface area contributed by atoms with Crippen LogP contribution < -0.4 is 9.64 Å². The molecule has 0 amide bonds. The van der Waals surface area contributed by atoms with Crippen LogP contribution in [0.1, 0.15) is 19.4 Å². The van der Waals surface area contributed by atoms with E-state index in [1.807, 2.05) is 30.3 Å². The average Bonchev–Trinajstić information content (AvgIpc) is 2.48. The Balaban J connectivity index is 2.12. The zero-order valence-electron chi connectivity index (χ0n) is 11.7. The molecule has 0 aliphatic heterocycles. The smallest absolute Gasteiger partial charge is 0.143 e. The van der Waals surface area contributed by atoms with Crippen LogP contribution in [0.15, 0.2) is 54.6 Å². The molecule has 0 bridgehead atoms. The molecule has 0 aliphatic carbocycles. The minimum absolute atomic E-state index is 0.610. The van der Waals surface area contributed by atoms with E-state index in [-0.39, 0.29) is 0 Å². The maximum Gasteiger partial charge on any atom is 0.143 e. The second kappa shape index (κ2) is 6.83. The van der Waals surface area contributed by atoms with Gasteiger partial charge in [-0.3, -0.25) is 0 Å². The summed E-state index contributed by atoms with van der Waals surface area (Å²) < 4.78 is 5.97. The van der Waals surface area contributed by atoms with Gasteiger partial charge in [-0.15, -0.1) is 0 Å². The number of nitrogens with zero attached hydrogens (tertiary/aromatic N) is 1. The summed E-state index contributed by atoms with van der Waals surface area (Å²) in [6, 6.07) is 18.5. The molecule has 0 heterocycles. The van der Waals surface area contributed by atoms with Crippen molar-refractivity contribution in [2.75, 3.05) is 18.0 Å². The van der Waals surface area contributed by atoms with Crippen LogP contribution in [0, 0.1) is 0 Å². The van der Waals surface area contributed by atoms with E-state index in [9.17, 15) is 0 Å². The third-order valence-corrected chi connectivity index (χ3v) is 3.21. The zero-order chi connectivity index (χ0) is 13.5. The Hall–Kier alpha value is -1.96. The van der Waals surface area contributed by atoms with Crippen molar-refractivity contribution >= 4 is 5.69 Å². The van der Waals surface area contributed by atoms with Crippen LogP contribution >= 0.6 is 0 Å². The van der Waals surface area contributed by atoms with Crippen LogP contribution in [0.25, 0.3) is 0 Å². The molecule has 19 heavy (non-hydrogen) atoms. The van der Waals surface area contributed by atoms with Gasteiger partial charge < -0.3 is 9.64 Å². The molecule has 0 aliphatic rings. The SMILES string of the molecule is CCN(CC)c1ccccc1OCc1ccccc1. The third kappa shape index (κ3) is 3.50. The van der Waals surface area contributed by atoms with E-state index in [2.05, 4.69) is 43.0 Å². The largest absolute Gasteiger partial charge is 0.487 e.